The van der Waals surface area contributed by atoms with Gasteiger partial charge in [0, 0.05) is 48.6 Å². The Morgan fingerprint density at radius 3 is 2.68 bits per heavy atom. The van der Waals surface area contributed by atoms with E-state index in [0.29, 0.717) is 55.1 Å². The summed E-state index contributed by atoms with van der Waals surface area (Å²) in [5, 5.41) is 5.73. The third-order valence-electron chi connectivity index (χ3n) is 7.08. The Balaban J connectivity index is 1.16. The minimum atomic E-state index is -0.509. The Bertz CT molecular complexity index is 1190. The molecule has 37 heavy (non-hydrogen) atoms. The lowest BCUT2D eigenvalue weighted by Gasteiger charge is -2.31. The monoisotopic (exact) mass is 504 g/mol. The van der Waals surface area contributed by atoms with Crippen molar-refractivity contribution in [2.75, 3.05) is 39.4 Å². The van der Waals surface area contributed by atoms with Gasteiger partial charge in [0.25, 0.3) is 11.8 Å². The van der Waals surface area contributed by atoms with Crippen molar-refractivity contribution < 1.29 is 23.9 Å². The maximum atomic E-state index is 13.0. The lowest BCUT2D eigenvalue weighted by molar-refractivity contribution is -0.126. The summed E-state index contributed by atoms with van der Waals surface area (Å²) in [5.74, 6) is 0.177. The van der Waals surface area contributed by atoms with Gasteiger partial charge in [-0.15, -0.1) is 0 Å². The number of nitrogens with one attached hydrogen (secondary N) is 2. The van der Waals surface area contributed by atoms with Gasteiger partial charge in [0.1, 0.15) is 18.4 Å². The van der Waals surface area contributed by atoms with Gasteiger partial charge in [-0.2, -0.15) is 0 Å². The first-order chi connectivity index (χ1) is 18.0. The molecule has 2 N–H and O–H groups in total. The molecule has 194 valence electrons. The van der Waals surface area contributed by atoms with Crippen LogP contribution in [0.1, 0.15) is 44.7 Å². The SMILES string of the molecule is C=C1CCC(N2Cc3c(OCc4ccc(C(=O)NCCN5CCOCC5)cc4)cccc3C2=O)C(=O)N1. The van der Waals surface area contributed by atoms with E-state index in [1.807, 2.05) is 18.2 Å². The van der Waals surface area contributed by atoms with Crippen LogP contribution in [0.2, 0.25) is 0 Å². The lowest BCUT2D eigenvalue weighted by atomic mass is 10.0. The average molecular weight is 505 g/mol. The van der Waals surface area contributed by atoms with E-state index in [0.717, 1.165) is 44.0 Å². The fourth-order valence-corrected chi connectivity index (χ4v) is 4.94. The van der Waals surface area contributed by atoms with E-state index in [1.54, 1.807) is 29.2 Å². The van der Waals surface area contributed by atoms with Gasteiger partial charge in [0.15, 0.2) is 0 Å². The number of ether oxygens (including phenoxy) is 2. The topological polar surface area (TPSA) is 100 Å². The number of allylic oxidation sites excluding steroid dienone is 1. The molecule has 3 aliphatic rings. The van der Waals surface area contributed by atoms with Gasteiger partial charge in [-0.05, 0) is 42.7 Å². The number of fused-ring (bicyclic) bond motifs is 1. The summed E-state index contributed by atoms with van der Waals surface area (Å²) < 4.78 is 11.4. The van der Waals surface area contributed by atoms with Crippen LogP contribution in [0.15, 0.2) is 54.7 Å². The first-order valence-electron chi connectivity index (χ1n) is 12.7. The predicted octanol–water partition coefficient (Wildman–Crippen LogP) is 2.08. The minimum absolute atomic E-state index is 0.101. The molecule has 2 saturated heterocycles. The first-order valence-corrected chi connectivity index (χ1v) is 12.7. The summed E-state index contributed by atoms with van der Waals surface area (Å²) >= 11 is 0. The maximum Gasteiger partial charge on any atom is 0.255 e. The highest BCUT2D eigenvalue weighted by atomic mass is 16.5. The zero-order chi connectivity index (χ0) is 25.8. The number of nitrogens with zero attached hydrogens (tertiary/aromatic N) is 2. The number of hydrogen-bond donors (Lipinski definition) is 2. The molecule has 9 nitrogen and oxygen atoms in total. The van der Waals surface area contributed by atoms with Crippen molar-refractivity contribution in [1.82, 2.24) is 20.4 Å². The average Bonchev–Trinajstić information content (AvgIpc) is 3.25. The van der Waals surface area contributed by atoms with Crippen molar-refractivity contribution >= 4 is 17.7 Å². The van der Waals surface area contributed by atoms with Crippen LogP contribution in [0.4, 0.5) is 0 Å². The van der Waals surface area contributed by atoms with Crippen molar-refractivity contribution in [1.29, 1.82) is 0 Å². The smallest absolute Gasteiger partial charge is 0.255 e. The Labute approximate surface area is 216 Å². The molecule has 0 spiro atoms. The van der Waals surface area contributed by atoms with Gasteiger partial charge in [-0.3, -0.25) is 19.3 Å². The second-order valence-corrected chi connectivity index (χ2v) is 9.56. The van der Waals surface area contributed by atoms with E-state index in [9.17, 15) is 14.4 Å². The standard InChI is InChI=1S/C28H32N4O5/c1-19-5-10-24(27(34)30-19)32-17-23-22(28(32)35)3-2-4-25(23)37-18-20-6-8-21(9-7-20)26(33)29-11-12-31-13-15-36-16-14-31/h2-4,6-9,24H,1,5,10-18H2,(H,29,33)(H,30,34). The molecule has 3 heterocycles. The number of carbonyl (C=O) groups is 3. The van der Waals surface area contributed by atoms with Crippen LogP contribution in [0.5, 0.6) is 5.75 Å². The van der Waals surface area contributed by atoms with Gasteiger partial charge in [-0.25, -0.2) is 0 Å². The van der Waals surface area contributed by atoms with Crippen molar-refractivity contribution in [2.45, 2.75) is 32.0 Å². The third kappa shape index (κ3) is 5.68. The van der Waals surface area contributed by atoms with Crippen molar-refractivity contribution in [3.63, 3.8) is 0 Å². The molecule has 0 bridgehead atoms. The van der Waals surface area contributed by atoms with Crippen LogP contribution in [-0.2, 0) is 22.7 Å². The van der Waals surface area contributed by atoms with Gasteiger partial charge in [0.2, 0.25) is 5.91 Å². The molecule has 2 aromatic carbocycles. The normalized spacial score (nSPS) is 19.9. The highest BCUT2D eigenvalue weighted by Gasteiger charge is 2.39. The Kier molecular flexibility index (Phi) is 7.52. The second-order valence-electron chi connectivity index (χ2n) is 9.56. The van der Waals surface area contributed by atoms with E-state index < -0.39 is 6.04 Å². The molecule has 3 aliphatic heterocycles. The van der Waals surface area contributed by atoms with Crippen LogP contribution < -0.4 is 15.4 Å². The van der Waals surface area contributed by atoms with Gasteiger partial charge in [0.05, 0.1) is 19.8 Å². The van der Waals surface area contributed by atoms with Crippen molar-refractivity contribution in [2.24, 2.45) is 0 Å². The second kappa shape index (κ2) is 11.1. The van der Waals surface area contributed by atoms with Crippen molar-refractivity contribution in [3.05, 3.63) is 77.0 Å². The van der Waals surface area contributed by atoms with Gasteiger partial charge < -0.3 is 25.0 Å². The summed E-state index contributed by atoms with van der Waals surface area (Å²) in [6.45, 7) is 9.12. The molecule has 0 aromatic heterocycles. The molecule has 0 radical (unpaired) electrons. The van der Waals surface area contributed by atoms with Gasteiger partial charge in [-0.1, -0.05) is 24.8 Å². The molecule has 1 unspecified atom stereocenters. The van der Waals surface area contributed by atoms with E-state index >= 15 is 0 Å². The molecule has 9 heteroatoms. The fourth-order valence-electron chi connectivity index (χ4n) is 4.94. The van der Waals surface area contributed by atoms with Crippen LogP contribution in [0.25, 0.3) is 0 Å². The highest BCUT2D eigenvalue weighted by Crippen LogP contribution is 2.34. The van der Waals surface area contributed by atoms with Gasteiger partial charge >= 0.3 is 0 Å². The Morgan fingerprint density at radius 1 is 1.14 bits per heavy atom. The molecule has 0 saturated carbocycles. The summed E-state index contributed by atoms with van der Waals surface area (Å²) in [5.41, 5.74) is 3.56. The van der Waals surface area contributed by atoms with Crippen LogP contribution in [0, 0.1) is 0 Å². The predicted molar refractivity (Wildman–Crippen MR) is 137 cm³/mol. The third-order valence-corrected chi connectivity index (χ3v) is 7.08. The minimum Gasteiger partial charge on any atom is -0.489 e. The molecule has 2 fully saturated rings. The number of piperidine rings is 1. The number of morpholine rings is 1. The van der Waals surface area contributed by atoms with Crippen molar-refractivity contribution in [3.8, 4) is 5.75 Å². The fraction of sp³-hybridized carbons (Fsp3) is 0.393. The maximum absolute atomic E-state index is 13.0. The molecular weight excluding hydrogens is 472 g/mol. The number of carbonyl (C=O) groups excluding carboxylic acids is 3. The Hall–Kier alpha value is -3.69. The van der Waals surface area contributed by atoms with Crippen LogP contribution in [0.3, 0.4) is 0 Å². The van der Waals surface area contributed by atoms with E-state index in [1.165, 1.54) is 0 Å². The number of benzene rings is 2. The molecular formula is C28H32N4O5. The summed E-state index contributed by atoms with van der Waals surface area (Å²) in [6.07, 6.45) is 1.22. The summed E-state index contributed by atoms with van der Waals surface area (Å²) in [7, 11) is 0. The van der Waals surface area contributed by atoms with E-state index in [-0.39, 0.29) is 17.7 Å². The van der Waals surface area contributed by atoms with E-state index in [2.05, 4.69) is 22.1 Å². The molecule has 5 rings (SSSR count). The molecule has 0 aliphatic carbocycles. The Morgan fingerprint density at radius 2 is 1.92 bits per heavy atom. The number of hydrogen-bond acceptors (Lipinski definition) is 6. The number of amides is 3. The largest absolute Gasteiger partial charge is 0.489 e. The van der Waals surface area contributed by atoms with E-state index in [4.69, 9.17) is 9.47 Å². The number of rotatable bonds is 8. The highest BCUT2D eigenvalue weighted by molar-refractivity contribution is 6.02. The molecule has 2 aromatic rings. The zero-order valence-corrected chi connectivity index (χ0v) is 20.8. The van der Waals surface area contributed by atoms with Crippen LogP contribution in [-0.4, -0.2) is 73.0 Å². The quantitative estimate of drug-likeness (QED) is 0.571. The lowest BCUT2D eigenvalue weighted by Crippen LogP contribution is -2.49. The summed E-state index contributed by atoms with van der Waals surface area (Å²) in [6, 6.07) is 12.2. The summed E-state index contributed by atoms with van der Waals surface area (Å²) in [4.78, 5) is 41.9. The van der Waals surface area contributed by atoms with Crippen LogP contribution >= 0.6 is 0 Å². The zero-order valence-electron chi connectivity index (χ0n) is 20.8. The molecule has 1 atom stereocenters. The first kappa shape index (κ1) is 25.0. The molecule has 3 amide bonds.